The van der Waals surface area contributed by atoms with Crippen LogP contribution in [0.2, 0.25) is 0 Å². The van der Waals surface area contributed by atoms with Crippen LogP contribution < -0.4 is 4.90 Å². The van der Waals surface area contributed by atoms with Crippen LogP contribution in [0.3, 0.4) is 0 Å². The fraction of sp³-hybridized carbons (Fsp3) is 0.278. The van der Waals surface area contributed by atoms with E-state index < -0.39 is 5.41 Å². The van der Waals surface area contributed by atoms with Crippen molar-refractivity contribution >= 4 is 39.3 Å². The minimum atomic E-state index is -0.483. The Kier molecular flexibility index (Phi) is 4.08. The summed E-state index contributed by atoms with van der Waals surface area (Å²) in [6, 6.07) is 14.5. The van der Waals surface area contributed by atoms with Gasteiger partial charge in [-0.2, -0.15) is 0 Å². The molecule has 0 fully saturated rings. The summed E-state index contributed by atoms with van der Waals surface area (Å²) in [7, 11) is 1.86. The van der Waals surface area contributed by atoms with Crippen molar-refractivity contribution in [2.45, 2.75) is 24.2 Å². The molecule has 1 aliphatic rings. The minimum Gasteiger partial charge on any atom is -0.314 e. The zero-order valence-corrected chi connectivity index (χ0v) is 15.3. The molecule has 0 bridgehead atoms. The van der Waals surface area contributed by atoms with E-state index in [-0.39, 0.29) is 5.91 Å². The molecule has 22 heavy (non-hydrogen) atoms. The number of hydrogen-bond donors (Lipinski definition) is 0. The van der Waals surface area contributed by atoms with Gasteiger partial charge in [-0.05, 0) is 49.7 Å². The van der Waals surface area contributed by atoms with Crippen molar-refractivity contribution in [2.75, 3.05) is 17.7 Å². The minimum absolute atomic E-state index is 0.167. The predicted octanol–water partition coefficient (Wildman–Crippen LogP) is 4.78. The summed E-state index contributed by atoms with van der Waals surface area (Å²) < 4.78 is 1.01. The van der Waals surface area contributed by atoms with Crippen LogP contribution in [-0.4, -0.2) is 18.7 Å². The summed E-state index contributed by atoms with van der Waals surface area (Å²) in [5, 5.41) is 0. The van der Waals surface area contributed by atoms with Crippen LogP contribution in [0.1, 0.15) is 18.1 Å². The first kappa shape index (κ1) is 15.6. The van der Waals surface area contributed by atoms with Gasteiger partial charge in [0.15, 0.2) is 0 Å². The number of likely N-dealkylation sites (N-methyl/N-ethyl adjacent to an activating group) is 1. The lowest BCUT2D eigenvalue weighted by Crippen LogP contribution is -2.38. The quantitative estimate of drug-likeness (QED) is 0.719. The maximum atomic E-state index is 12.8. The molecule has 1 aliphatic heterocycles. The molecule has 1 unspecified atom stereocenters. The second-order valence-corrected chi connectivity index (χ2v) is 7.92. The van der Waals surface area contributed by atoms with Gasteiger partial charge in [0.05, 0.1) is 5.41 Å². The summed E-state index contributed by atoms with van der Waals surface area (Å²) in [5.74, 6) is 0.906. The Bertz CT molecular complexity index is 728. The summed E-state index contributed by atoms with van der Waals surface area (Å²) in [6.07, 6.45) is 0. The number of thioether (sulfide) groups is 1. The number of carbonyl (C=O) groups is 1. The molecule has 4 heteroatoms. The molecule has 1 heterocycles. The topological polar surface area (TPSA) is 20.3 Å². The van der Waals surface area contributed by atoms with Gasteiger partial charge in [-0.1, -0.05) is 33.6 Å². The number of nitrogens with zero attached hydrogens (tertiary/aromatic N) is 1. The zero-order chi connectivity index (χ0) is 15.9. The molecule has 1 amide bonds. The Morgan fingerprint density at radius 3 is 2.55 bits per heavy atom. The predicted molar refractivity (Wildman–Crippen MR) is 96.8 cm³/mol. The van der Waals surface area contributed by atoms with Gasteiger partial charge in [-0.15, -0.1) is 11.8 Å². The van der Waals surface area contributed by atoms with E-state index >= 15 is 0 Å². The SMILES string of the molecule is Cc1ccc(SCC2(C)C(=O)N(C)c3ccc(Br)cc32)cc1. The van der Waals surface area contributed by atoms with E-state index in [1.54, 1.807) is 16.7 Å². The standard InChI is InChI=1S/C18H18BrNOS/c1-12-4-7-14(8-5-12)22-11-18(2)15-10-13(19)6-9-16(15)20(3)17(18)21/h4-10H,11H2,1-3H3. The van der Waals surface area contributed by atoms with E-state index in [4.69, 9.17) is 0 Å². The van der Waals surface area contributed by atoms with Crippen LogP contribution in [0, 0.1) is 6.92 Å². The van der Waals surface area contributed by atoms with Crippen molar-refractivity contribution in [3.63, 3.8) is 0 Å². The zero-order valence-electron chi connectivity index (χ0n) is 12.9. The number of anilines is 1. The summed E-state index contributed by atoms with van der Waals surface area (Å²) in [5.41, 5.74) is 2.89. The van der Waals surface area contributed by atoms with E-state index in [1.807, 2.05) is 26.1 Å². The highest BCUT2D eigenvalue weighted by Crippen LogP contribution is 2.44. The van der Waals surface area contributed by atoms with Crippen molar-refractivity contribution in [2.24, 2.45) is 0 Å². The van der Waals surface area contributed by atoms with Crippen molar-refractivity contribution in [3.8, 4) is 0 Å². The van der Waals surface area contributed by atoms with Crippen LogP contribution in [0.5, 0.6) is 0 Å². The molecule has 2 aromatic carbocycles. The lowest BCUT2D eigenvalue weighted by Gasteiger charge is -2.23. The van der Waals surface area contributed by atoms with Crippen LogP contribution in [0.25, 0.3) is 0 Å². The average Bonchev–Trinajstić information content (AvgIpc) is 2.69. The van der Waals surface area contributed by atoms with E-state index in [1.165, 1.54) is 10.5 Å². The second-order valence-electron chi connectivity index (χ2n) is 5.96. The highest BCUT2D eigenvalue weighted by molar-refractivity contribution is 9.10. The van der Waals surface area contributed by atoms with Crippen molar-refractivity contribution in [1.82, 2.24) is 0 Å². The molecule has 0 spiro atoms. The van der Waals surface area contributed by atoms with Gasteiger partial charge in [0, 0.05) is 27.9 Å². The van der Waals surface area contributed by atoms with Gasteiger partial charge in [0.25, 0.3) is 0 Å². The molecule has 0 aromatic heterocycles. The molecular weight excluding hydrogens is 358 g/mol. The van der Waals surface area contributed by atoms with Gasteiger partial charge < -0.3 is 4.90 Å². The Morgan fingerprint density at radius 2 is 1.86 bits per heavy atom. The molecule has 2 aromatic rings. The molecule has 0 N–H and O–H groups in total. The number of amides is 1. The normalized spacial score (nSPS) is 20.4. The smallest absolute Gasteiger partial charge is 0.238 e. The number of aryl methyl sites for hydroxylation is 1. The van der Waals surface area contributed by atoms with Gasteiger partial charge in [-0.3, -0.25) is 4.79 Å². The number of rotatable bonds is 3. The summed E-state index contributed by atoms with van der Waals surface area (Å²) in [4.78, 5) is 15.7. The van der Waals surface area contributed by atoms with E-state index in [9.17, 15) is 4.79 Å². The molecular formula is C18H18BrNOS. The fourth-order valence-corrected chi connectivity index (χ4v) is 4.26. The average molecular weight is 376 g/mol. The first-order valence-corrected chi connectivity index (χ1v) is 8.97. The van der Waals surface area contributed by atoms with Crippen LogP contribution in [0.15, 0.2) is 51.8 Å². The molecule has 114 valence electrons. The maximum Gasteiger partial charge on any atom is 0.238 e. The maximum absolute atomic E-state index is 12.8. The largest absolute Gasteiger partial charge is 0.314 e. The van der Waals surface area contributed by atoms with E-state index in [0.29, 0.717) is 0 Å². The lowest BCUT2D eigenvalue weighted by molar-refractivity contribution is -0.121. The van der Waals surface area contributed by atoms with Gasteiger partial charge in [-0.25, -0.2) is 0 Å². The number of hydrogen-bond acceptors (Lipinski definition) is 2. The summed E-state index contributed by atoms with van der Waals surface area (Å²) >= 11 is 5.26. The molecule has 3 rings (SSSR count). The highest BCUT2D eigenvalue weighted by atomic mass is 79.9. The second kappa shape index (κ2) is 5.74. The third-order valence-corrected chi connectivity index (χ3v) is 6.06. The monoisotopic (exact) mass is 375 g/mol. The van der Waals surface area contributed by atoms with Gasteiger partial charge in [0.2, 0.25) is 5.91 Å². The van der Waals surface area contributed by atoms with Crippen molar-refractivity contribution < 1.29 is 4.79 Å². The van der Waals surface area contributed by atoms with Gasteiger partial charge in [0.1, 0.15) is 0 Å². The third-order valence-electron chi connectivity index (χ3n) is 4.24. The van der Waals surface area contributed by atoms with Crippen LogP contribution >= 0.6 is 27.7 Å². The number of halogens is 1. The lowest BCUT2D eigenvalue weighted by atomic mass is 9.86. The Morgan fingerprint density at radius 1 is 1.18 bits per heavy atom. The molecule has 0 saturated carbocycles. The highest BCUT2D eigenvalue weighted by Gasteiger charge is 2.45. The molecule has 0 saturated heterocycles. The van der Waals surface area contributed by atoms with E-state index in [2.05, 4.69) is 53.2 Å². The Labute approximate surface area is 144 Å². The Hall–Kier alpha value is -1.26. The van der Waals surface area contributed by atoms with Crippen LogP contribution in [0.4, 0.5) is 5.69 Å². The number of fused-ring (bicyclic) bond motifs is 1. The first-order chi connectivity index (χ1) is 10.4. The Balaban J connectivity index is 1.90. The van der Waals surface area contributed by atoms with E-state index in [0.717, 1.165) is 21.5 Å². The van der Waals surface area contributed by atoms with Gasteiger partial charge >= 0.3 is 0 Å². The first-order valence-electron chi connectivity index (χ1n) is 7.19. The summed E-state index contributed by atoms with van der Waals surface area (Å²) in [6.45, 7) is 4.13. The van der Waals surface area contributed by atoms with Crippen molar-refractivity contribution in [3.05, 3.63) is 58.1 Å². The molecule has 2 nitrogen and oxygen atoms in total. The fourth-order valence-electron chi connectivity index (χ4n) is 2.84. The molecule has 0 radical (unpaired) electrons. The number of benzene rings is 2. The van der Waals surface area contributed by atoms with Crippen LogP contribution in [-0.2, 0) is 10.2 Å². The molecule has 0 aliphatic carbocycles. The number of carbonyl (C=O) groups excluding carboxylic acids is 1. The third kappa shape index (κ3) is 2.59. The molecule has 1 atom stereocenters. The van der Waals surface area contributed by atoms with Crippen molar-refractivity contribution in [1.29, 1.82) is 0 Å².